The van der Waals surface area contributed by atoms with Crippen LogP contribution in [0.15, 0.2) is 71.5 Å². The fourth-order valence-electron chi connectivity index (χ4n) is 3.20. The molecule has 0 saturated carbocycles. The molecule has 0 N–H and O–H groups in total. The predicted molar refractivity (Wildman–Crippen MR) is 106 cm³/mol. The molecular formula is C22H16ClFN2O. The summed E-state index contributed by atoms with van der Waals surface area (Å²) in [7, 11) is 0. The smallest absolute Gasteiger partial charge is 0.267 e. The lowest BCUT2D eigenvalue weighted by Gasteiger charge is -2.13. The van der Waals surface area contributed by atoms with Gasteiger partial charge in [-0.3, -0.25) is 4.79 Å². The summed E-state index contributed by atoms with van der Waals surface area (Å²) < 4.78 is 14.6. The van der Waals surface area contributed by atoms with Crippen molar-refractivity contribution in [2.45, 2.75) is 13.3 Å². The van der Waals surface area contributed by atoms with Crippen molar-refractivity contribution in [1.82, 2.24) is 9.78 Å². The van der Waals surface area contributed by atoms with E-state index in [1.165, 1.54) is 16.8 Å². The van der Waals surface area contributed by atoms with Gasteiger partial charge in [-0.2, -0.15) is 9.78 Å². The highest BCUT2D eigenvalue weighted by atomic mass is 35.5. The highest BCUT2D eigenvalue weighted by molar-refractivity contribution is 6.30. The minimum Gasteiger partial charge on any atom is -0.267 e. The molecular weight excluding hydrogens is 363 g/mol. The summed E-state index contributed by atoms with van der Waals surface area (Å²) in [6.45, 7) is 1.89. The molecule has 1 aromatic heterocycles. The number of fused-ring (bicyclic) bond motifs is 1. The van der Waals surface area contributed by atoms with E-state index in [-0.39, 0.29) is 11.4 Å². The van der Waals surface area contributed by atoms with Gasteiger partial charge >= 0.3 is 0 Å². The van der Waals surface area contributed by atoms with Crippen molar-refractivity contribution < 1.29 is 4.39 Å². The van der Waals surface area contributed by atoms with Gasteiger partial charge < -0.3 is 0 Å². The zero-order valence-corrected chi connectivity index (χ0v) is 15.4. The third-order valence-electron chi connectivity index (χ3n) is 4.55. The van der Waals surface area contributed by atoms with Crippen LogP contribution in [0.4, 0.5) is 4.39 Å². The molecule has 0 bridgehead atoms. The number of nitrogens with zero attached hydrogens (tertiary/aromatic N) is 2. The minimum atomic E-state index is -0.279. The van der Waals surface area contributed by atoms with E-state index in [1.54, 1.807) is 36.4 Å². The fraction of sp³-hybridized carbons (Fsp3) is 0.0909. The summed E-state index contributed by atoms with van der Waals surface area (Å²) in [5.41, 5.74) is 3.05. The normalized spacial score (nSPS) is 11.1. The van der Waals surface area contributed by atoms with E-state index in [1.807, 2.05) is 25.1 Å². The van der Waals surface area contributed by atoms with Gasteiger partial charge in [0.25, 0.3) is 5.56 Å². The highest BCUT2D eigenvalue weighted by Gasteiger charge is 2.13. The van der Waals surface area contributed by atoms with Gasteiger partial charge in [0, 0.05) is 16.8 Å². The molecule has 0 aliphatic rings. The number of halogens is 2. The first-order valence-corrected chi connectivity index (χ1v) is 8.92. The van der Waals surface area contributed by atoms with Crippen LogP contribution < -0.4 is 5.56 Å². The average molecular weight is 379 g/mol. The van der Waals surface area contributed by atoms with Gasteiger partial charge in [-0.1, -0.05) is 41.9 Å². The van der Waals surface area contributed by atoms with Gasteiger partial charge in [0.1, 0.15) is 5.82 Å². The molecule has 0 amide bonds. The Labute approximate surface area is 160 Å². The standard InChI is InChI=1S/C22H16ClFN2O/c1-14-12-16(23)8-11-21(14)26-22(27)19-5-3-2-4-18(19)20(25-26)13-15-6-9-17(24)10-7-15/h2-12H,13H2,1H3. The molecule has 0 aliphatic carbocycles. The Morgan fingerprint density at radius 2 is 1.70 bits per heavy atom. The summed E-state index contributed by atoms with van der Waals surface area (Å²) in [5.74, 6) is -0.279. The molecule has 3 aromatic carbocycles. The van der Waals surface area contributed by atoms with Crippen LogP contribution in [0.3, 0.4) is 0 Å². The number of benzene rings is 3. The van der Waals surface area contributed by atoms with Crippen LogP contribution in [0, 0.1) is 12.7 Å². The molecule has 0 saturated heterocycles. The molecule has 134 valence electrons. The lowest BCUT2D eigenvalue weighted by atomic mass is 10.0. The molecule has 0 atom stereocenters. The summed E-state index contributed by atoms with van der Waals surface area (Å²) in [6.07, 6.45) is 0.494. The van der Waals surface area contributed by atoms with Gasteiger partial charge in [-0.05, 0) is 54.4 Å². The first-order chi connectivity index (χ1) is 13.0. The van der Waals surface area contributed by atoms with E-state index in [0.717, 1.165) is 22.2 Å². The molecule has 27 heavy (non-hydrogen) atoms. The van der Waals surface area contributed by atoms with Crippen molar-refractivity contribution in [2.24, 2.45) is 0 Å². The lowest BCUT2D eigenvalue weighted by Crippen LogP contribution is -2.24. The minimum absolute atomic E-state index is 0.182. The molecule has 0 aliphatic heterocycles. The molecule has 5 heteroatoms. The topological polar surface area (TPSA) is 34.9 Å². The van der Waals surface area contributed by atoms with Gasteiger partial charge in [0.05, 0.1) is 16.8 Å². The zero-order valence-electron chi connectivity index (χ0n) is 14.6. The predicted octanol–water partition coefficient (Wildman–Crippen LogP) is 5.08. The molecule has 1 heterocycles. The fourth-order valence-corrected chi connectivity index (χ4v) is 3.43. The Morgan fingerprint density at radius 3 is 2.41 bits per heavy atom. The van der Waals surface area contributed by atoms with E-state index in [9.17, 15) is 9.18 Å². The van der Waals surface area contributed by atoms with Gasteiger partial charge in [-0.25, -0.2) is 4.39 Å². The molecule has 0 spiro atoms. The van der Waals surface area contributed by atoms with Crippen LogP contribution in [0.25, 0.3) is 16.5 Å². The van der Waals surface area contributed by atoms with E-state index < -0.39 is 0 Å². The second-order valence-corrected chi connectivity index (χ2v) is 6.88. The quantitative estimate of drug-likeness (QED) is 0.498. The van der Waals surface area contributed by atoms with Crippen molar-refractivity contribution in [3.05, 3.63) is 105 Å². The van der Waals surface area contributed by atoms with Crippen LogP contribution in [-0.4, -0.2) is 9.78 Å². The van der Waals surface area contributed by atoms with E-state index in [4.69, 9.17) is 11.6 Å². The largest absolute Gasteiger partial charge is 0.279 e. The average Bonchev–Trinajstić information content (AvgIpc) is 2.66. The van der Waals surface area contributed by atoms with Crippen molar-refractivity contribution in [3.8, 4) is 5.69 Å². The van der Waals surface area contributed by atoms with E-state index in [0.29, 0.717) is 22.5 Å². The van der Waals surface area contributed by atoms with Crippen LogP contribution >= 0.6 is 11.6 Å². The van der Waals surface area contributed by atoms with Crippen LogP contribution in [0.5, 0.6) is 0 Å². The van der Waals surface area contributed by atoms with Crippen LogP contribution in [0.1, 0.15) is 16.8 Å². The third kappa shape index (κ3) is 3.36. The number of hydrogen-bond donors (Lipinski definition) is 0. The number of aromatic nitrogens is 2. The summed E-state index contributed by atoms with van der Waals surface area (Å²) in [6, 6.07) is 19.1. The Morgan fingerprint density at radius 1 is 1.00 bits per heavy atom. The molecule has 4 rings (SSSR count). The first kappa shape index (κ1) is 17.4. The second kappa shape index (κ2) is 6.97. The van der Waals surface area contributed by atoms with Crippen molar-refractivity contribution >= 4 is 22.4 Å². The van der Waals surface area contributed by atoms with Gasteiger partial charge in [0.15, 0.2) is 0 Å². The monoisotopic (exact) mass is 378 g/mol. The molecule has 0 fully saturated rings. The lowest BCUT2D eigenvalue weighted by molar-refractivity contribution is 0.627. The summed E-state index contributed by atoms with van der Waals surface area (Å²) in [5, 5.41) is 6.65. The van der Waals surface area contributed by atoms with E-state index >= 15 is 0 Å². The van der Waals surface area contributed by atoms with E-state index in [2.05, 4.69) is 5.10 Å². The second-order valence-electron chi connectivity index (χ2n) is 6.44. The molecule has 0 radical (unpaired) electrons. The highest BCUT2D eigenvalue weighted by Crippen LogP contribution is 2.21. The van der Waals surface area contributed by atoms with Gasteiger partial charge in [0.2, 0.25) is 0 Å². The third-order valence-corrected chi connectivity index (χ3v) is 4.79. The van der Waals surface area contributed by atoms with Crippen molar-refractivity contribution in [1.29, 1.82) is 0 Å². The Bertz CT molecular complexity index is 1200. The first-order valence-electron chi connectivity index (χ1n) is 8.55. The Kier molecular flexibility index (Phi) is 4.50. The molecule has 3 nitrogen and oxygen atoms in total. The molecule has 0 unspecified atom stereocenters. The van der Waals surface area contributed by atoms with Crippen molar-refractivity contribution in [2.75, 3.05) is 0 Å². The van der Waals surface area contributed by atoms with Crippen LogP contribution in [0.2, 0.25) is 5.02 Å². The number of aryl methyl sites for hydroxylation is 1. The Hall–Kier alpha value is -2.98. The molecule has 4 aromatic rings. The SMILES string of the molecule is Cc1cc(Cl)ccc1-n1nc(Cc2ccc(F)cc2)c2ccccc2c1=O. The maximum Gasteiger partial charge on any atom is 0.279 e. The van der Waals surface area contributed by atoms with Gasteiger partial charge in [-0.15, -0.1) is 0 Å². The van der Waals surface area contributed by atoms with Crippen molar-refractivity contribution in [3.63, 3.8) is 0 Å². The number of rotatable bonds is 3. The zero-order chi connectivity index (χ0) is 19.0. The maximum absolute atomic E-state index is 13.2. The summed E-state index contributed by atoms with van der Waals surface area (Å²) in [4.78, 5) is 13.0. The van der Waals surface area contributed by atoms with Crippen LogP contribution in [-0.2, 0) is 6.42 Å². The number of hydrogen-bond acceptors (Lipinski definition) is 2. The Balaban J connectivity index is 1.94. The summed E-state index contributed by atoms with van der Waals surface area (Å²) >= 11 is 6.05. The maximum atomic E-state index is 13.2.